The zero-order chi connectivity index (χ0) is 22.0. The van der Waals surface area contributed by atoms with Gasteiger partial charge < -0.3 is 14.8 Å². The molecule has 1 aromatic carbocycles. The summed E-state index contributed by atoms with van der Waals surface area (Å²) in [7, 11) is 1.25. The molecule has 1 aliphatic heterocycles. The Morgan fingerprint density at radius 3 is 2.50 bits per heavy atom. The van der Waals surface area contributed by atoms with Gasteiger partial charge in [0.1, 0.15) is 11.7 Å². The Hall–Kier alpha value is -2.96. The van der Waals surface area contributed by atoms with Crippen molar-refractivity contribution in [2.45, 2.75) is 39.5 Å². The number of Topliss-reactive ketones (excluding diaryl/α,β-unsaturated/α-hetero) is 1. The molecule has 0 amide bonds. The molecule has 0 bridgehead atoms. The maximum absolute atomic E-state index is 13.6. The van der Waals surface area contributed by atoms with Crippen LogP contribution in [0.15, 0.2) is 46.8 Å². The number of hydrogen-bond donors (Lipinski definition) is 1. The number of ether oxygens (including phenoxy) is 2. The van der Waals surface area contributed by atoms with E-state index < -0.39 is 29.6 Å². The Balaban J connectivity index is 2.15. The first kappa shape index (κ1) is 21.7. The van der Waals surface area contributed by atoms with Gasteiger partial charge in [-0.3, -0.25) is 9.59 Å². The van der Waals surface area contributed by atoms with Crippen LogP contribution in [0.5, 0.6) is 0 Å². The number of benzene rings is 1. The van der Waals surface area contributed by atoms with E-state index in [2.05, 4.69) is 5.32 Å². The van der Waals surface area contributed by atoms with Gasteiger partial charge >= 0.3 is 11.9 Å². The Morgan fingerprint density at radius 1 is 1.23 bits per heavy atom. The minimum atomic E-state index is -0.954. The molecular formula is C23H26FNO5. The van der Waals surface area contributed by atoms with Crippen LogP contribution in [0.1, 0.15) is 45.1 Å². The van der Waals surface area contributed by atoms with E-state index in [0.717, 1.165) is 0 Å². The Bertz CT molecular complexity index is 931. The van der Waals surface area contributed by atoms with E-state index in [0.29, 0.717) is 40.9 Å². The molecule has 6 nitrogen and oxygen atoms in total. The number of nitrogens with one attached hydrogen (secondary N) is 1. The van der Waals surface area contributed by atoms with E-state index in [1.54, 1.807) is 19.1 Å². The zero-order valence-electron chi connectivity index (χ0n) is 17.6. The molecule has 30 heavy (non-hydrogen) atoms. The van der Waals surface area contributed by atoms with Crippen LogP contribution in [0.2, 0.25) is 0 Å². The number of hydrogen-bond acceptors (Lipinski definition) is 6. The quantitative estimate of drug-likeness (QED) is 0.586. The van der Waals surface area contributed by atoms with Gasteiger partial charge in [0, 0.05) is 22.9 Å². The summed E-state index contributed by atoms with van der Waals surface area (Å²) in [5.74, 6) is -3.91. The molecule has 0 saturated carbocycles. The fourth-order valence-corrected chi connectivity index (χ4v) is 4.21. The number of rotatable bonds is 5. The third-order valence-corrected chi connectivity index (χ3v) is 5.60. The zero-order valence-corrected chi connectivity index (χ0v) is 17.6. The first-order valence-corrected chi connectivity index (χ1v) is 10.1. The monoisotopic (exact) mass is 415 g/mol. The smallest absolute Gasteiger partial charge is 0.336 e. The summed E-state index contributed by atoms with van der Waals surface area (Å²) >= 11 is 0. The van der Waals surface area contributed by atoms with Gasteiger partial charge in [-0.05, 0) is 43.4 Å². The van der Waals surface area contributed by atoms with Crippen LogP contribution in [-0.4, -0.2) is 31.4 Å². The van der Waals surface area contributed by atoms with Crippen LogP contribution < -0.4 is 5.32 Å². The summed E-state index contributed by atoms with van der Waals surface area (Å²) < 4.78 is 23.8. The molecule has 0 unspecified atom stereocenters. The average molecular weight is 415 g/mol. The van der Waals surface area contributed by atoms with E-state index >= 15 is 0 Å². The van der Waals surface area contributed by atoms with Crippen LogP contribution >= 0.6 is 0 Å². The van der Waals surface area contributed by atoms with Gasteiger partial charge in [-0.25, -0.2) is 9.18 Å². The molecular weight excluding hydrogens is 389 g/mol. The number of allylic oxidation sites excluding steroid dienone is 3. The van der Waals surface area contributed by atoms with Crippen molar-refractivity contribution in [3.63, 3.8) is 0 Å². The molecule has 0 aromatic heterocycles. The lowest BCUT2D eigenvalue weighted by atomic mass is 9.69. The number of methoxy groups -OCH3 is 1. The van der Waals surface area contributed by atoms with Crippen molar-refractivity contribution in [1.29, 1.82) is 0 Å². The first-order chi connectivity index (χ1) is 14.3. The lowest BCUT2D eigenvalue weighted by Gasteiger charge is -2.38. The summed E-state index contributed by atoms with van der Waals surface area (Å²) in [4.78, 5) is 38.7. The summed E-state index contributed by atoms with van der Waals surface area (Å²) in [6, 6.07) is 5.68. The minimum absolute atomic E-state index is 0.243. The van der Waals surface area contributed by atoms with Crippen molar-refractivity contribution in [3.8, 4) is 0 Å². The van der Waals surface area contributed by atoms with Crippen molar-refractivity contribution in [2.24, 2.45) is 11.8 Å². The second-order valence-corrected chi connectivity index (χ2v) is 7.72. The molecule has 3 atom stereocenters. The van der Waals surface area contributed by atoms with Gasteiger partial charge in [-0.1, -0.05) is 26.0 Å². The third kappa shape index (κ3) is 3.88. The molecule has 0 fully saturated rings. The van der Waals surface area contributed by atoms with Gasteiger partial charge in [0.2, 0.25) is 0 Å². The molecule has 1 heterocycles. The fraction of sp³-hybridized carbons (Fsp3) is 0.435. The summed E-state index contributed by atoms with van der Waals surface area (Å²) in [6.07, 6.45) is 1.11. The first-order valence-electron chi connectivity index (χ1n) is 10.1. The van der Waals surface area contributed by atoms with Gasteiger partial charge in [0.05, 0.1) is 19.3 Å². The molecule has 0 radical (unpaired) electrons. The normalized spacial score (nSPS) is 23.6. The number of carbonyl (C=O) groups is 3. The Labute approximate surface area is 175 Å². The van der Waals surface area contributed by atoms with Gasteiger partial charge in [0.15, 0.2) is 5.78 Å². The highest BCUT2D eigenvalue weighted by Crippen LogP contribution is 2.45. The maximum Gasteiger partial charge on any atom is 0.336 e. The second kappa shape index (κ2) is 8.81. The largest absolute Gasteiger partial charge is 0.468 e. The molecule has 0 spiro atoms. The number of dihydropyridines is 1. The lowest BCUT2D eigenvalue weighted by molar-refractivity contribution is -0.151. The minimum Gasteiger partial charge on any atom is -0.468 e. The van der Waals surface area contributed by atoms with Crippen molar-refractivity contribution in [2.75, 3.05) is 13.7 Å². The lowest BCUT2D eigenvalue weighted by Crippen LogP contribution is -2.43. The van der Waals surface area contributed by atoms with Crippen molar-refractivity contribution in [1.82, 2.24) is 5.32 Å². The van der Waals surface area contributed by atoms with Gasteiger partial charge in [-0.2, -0.15) is 0 Å². The van der Waals surface area contributed by atoms with E-state index in [1.165, 1.54) is 19.2 Å². The Morgan fingerprint density at radius 2 is 1.90 bits per heavy atom. The van der Waals surface area contributed by atoms with Crippen molar-refractivity contribution < 1.29 is 28.2 Å². The predicted octanol–water partition coefficient (Wildman–Crippen LogP) is 3.39. The number of halogens is 1. The van der Waals surface area contributed by atoms with Gasteiger partial charge in [0.25, 0.3) is 0 Å². The summed E-state index contributed by atoms with van der Waals surface area (Å²) in [6.45, 7) is 5.71. The molecule has 1 N–H and O–H groups in total. The van der Waals surface area contributed by atoms with Crippen LogP contribution in [0.25, 0.3) is 0 Å². The highest BCUT2D eigenvalue weighted by Gasteiger charge is 2.47. The molecule has 160 valence electrons. The van der Waals surface area contributed by atoms with E-state index in [1.807, 2.05) is 13.8 Å². The van der Waals surface area contributed by atoms with Crippen molar-refractivity contribution >= 4 is 17.7 Å². The van der Waals surface area contributed by atoms with Crippen LogP contribution in [0.4, 0.5) is 4.39 Å². The van der Waals surface area contributed by atoms with E-state index in [9.17, 15) is 18.8 Å². The SMILES string of the molecule is CCCOC(=O)C1=C(C)NC2=C(C(=O)[C@@H](C(=O)OC)[C@H](C)C2)[C@@H]1c1ccc(F)cc1. The number of esters is 2. The Kier molecular flexibility index (Phi) is 6.39. The maximum atomic E-state index is 13.6. The number of carbonyl (C=O) groups excluding carboxylic acids is 3. The van der Waals surface area contributed by atoms with Crippen molar-refractivity contribution in [3.05, 3.63) is 58.2 Å². The molecule has 2 aliphatic rings. The highest BCUT2D eigenvalue weighted by molar-refractivity contribution is 6.12. The molecule has 1 aliphatic carbocycles. The topological polar surface area (TPSA) is 81.7 Å². The van der Waals surface area contributed by atoms with Crippen LogP contribution in [0.3, 0.4) is 0 Å². The third-order valence-electron chi connectivity index (χ3n) is 5.60. The summed E-state index contributed by atoms with van der Waals surface area (Å²) in [5, 5.41) is 3.19. The molecule has 3 rings (SSSR count). The second-order valence-electron chi connectivity index (χ2n) is 7.72. The highest BCUT2D eigenvalue weighted by atomic mass is 19.1. The van der Waals surface area contributed by atoms with E-state index in [4.69, 9.17) is 9.47 Å². The molecule has 1 aromatic rings. The van der Waals surface area contributed by atoms with E-state index in [-0.39, 0.29) is 18.3 Å². The average Bonchev–Trinajstić information content (AvgIpc) is 2.71. The van der Waals surface area contributed by atoms with Gasteiger partial charge in [-0.15, -0.1) is 0 Å². The van der Waals surface area contributed by atoms with Crippen LogP contribution in [-0.2, 0) is 23.9 Å². The molecule has 7 heteroatoms. The fourth-order valence-electron chi connectivity index (χ4n) is 4.21. The molecule has 0 saturated heterocycles. The standard InChI is InChI=1S/C23H26FNO5/c1-5-10-30-23(28)18-13(3)25-16-11-12(2)17(22(27)29-4)21(26)20(16)19(18)14-6-8-15(24)9-7-14/h6-9,12,17,19,25H,5,10-11H2,1-4H3/t12-,17+,19-/m1/s1. The van der Waals surface area contributed by atoms with Crippen LogP contribution in [0, 0.1) is 17.7 Å². The predicted molar refractivity (Wildman–Crippen MR) is 108 cm³/mol. The number of ketones is 1. The summed E-state index contributed by atoms with van der Waals surface area (Å²) in [5.41, 5.74) is 2.47.